The molecule has 1 aromatic carbocycles. The number of aromatic amines is 1. The van der Waals surface area contributed by atoms with Gasteiger partial charge >= 0.3 is 5.97 Å². The number of hydrogen-bond acceptors (Lipinski definition) is 4. The van der Waals surface area contributed by atoms with Crippen LogP contribution >= 0.6 is 0 Å². The molecule has 7 nitrogen and oxygen atoms in total. The Labute approximate surface area is 144 Å². The van der Waals surface area contributed by atoms with E-state index in [1.165, 1.54) is 7.11 Å². The van der Waals surface area contributed by atoms with Crippen molar-refractivity contribution in [1.82, 2.24) is 10.3 Å². The predicted molar refractivity (Wildman–Crippen MR) is 92.7 cm³/mol. The van der Waals surface area contributed by atoms with Gasteiger partial charge in [0.05, 0.1) is 19.1 Å². The number of carbonyl (C=O) groups excluding carboxylic acids is 3. The van der Waals surface area contributed by atoms with E-state index in [9.17, 15) is 14.4 Å². The van der Waals surface area contributed by atoms with E-state index in [1.807, 2.05) is 12.1 Å². The zero-order chi connectivity index (χ0) is 17.8. The summed E-state index contributed by atoms with van der Waals surface area (Å²) in [6.07, 6.45) is 3.61. The van der Waals surface area contributed by atoms with E-state index in [-0.39, 0.29) is 30.7 Å². The first kappa shape index (κ1) is 16.5. The van der Waals surface area contributed by atoms with Gasteiger partial charge in [0.25, 0.3) is 11.8 Å². The second-order valence-electron chi connectivity index (χ2n) is 5.48. The molecule has 128 valence electrons. The summed E-state index contributed by atoms with van der Waals surface area (Å²) in [7, 11) is 1.30. The largest absolute Gasteiger partial charge is 0.469 e. The second kappa shape index (κ2) is 7.04. The number of carbonyl (C=O) groups is 3. The fourth-order valence-electron chi connectivity index (χ4n) is 2.54. The van der Waals surface area contributed by atoms with Crippen LogP contribution in [0.1, 0.15) is 28.0 Å². The normalized spacial score (nSPS) is 14.1. The smallest absolute Gasteiger partial charge is 0.307 e. The molecule has 7 heteroatoms. The van der Waals surface area contributed by atoms with E-state index in [2.05, 4.69) is 20.4 Å². The molecule has 3 rings (SSSR count). The molecule has 0 radical (unpaired) electrons. The summed E-state index contributed by atoms with van der Waals surface area (Å²) in [6, 6.07) is 8.67. The molecule has 3 N–H and O–H groups in total. The predicted octanol–water partition coefficient (Wildman–Crippen LogP) is 1.80. The molecule has 0 atom stereocenters. The minimum Gasteiger partial charge on any atom is -0.469 e. The van der Waals surface area contributed by atoms with Gasteiger partial charge in [-0.25, -0.2) is 0 Å². The fourth-order valence-corrected chi connectivity index (χ4v) is 2.54. The molecule has 1 aromatic heterocycles. The summed E-state index contributed by atoms with van der Waals surface area (Å²) in [5.41, 5.74) is 3.03. The number of esters is 1. The number of H-pyrrole nitrogens is 1. The van der Waals surface area contributed by atoms with Crippen LogP contribution in [0.4, 0.5) is 5.69 Å². The third-order valence-corrected chi connectivity index (χ3v) is 3.83. The molecule has 0 spiro atoms. The lowest BCUT2D eigenvalue weighted by Gasteiger charge is -2.06. The minimum absolute atomic E-state index is 0.102. The molecule has 1 aliphatic heterocycles. The Hall–Kier alpha value is -3.35. The number of rotatable bonds is 5. The molecule has 2 aromatic rings. The third-order valence-electron chi connectivity index (χ3n) is 3.83. The summed E-state index contributed by atoms with van der Waals surface area (Å²) in [5.74, 6) is -0.918. The second-order valence-corrected chi connectivity index (χ2v) is 5.48. The average Bonchev–Trinajstić information content (AvgIpc) is 3.23. The quantitative estimate of drug-likeness (QED) is 0.571. The summed E-state index contributed by atoms with van der Waals surface area (Å²) in [6.45, 7) is 0.185. The van der Waals surface area contributed by atoms with Crippen molar-refractivity contribution in [2.75, 3.05) is 19.0 Å². The van der Waals surface area contributed by atoms with E-state index in [0.717, 1.165) is 5.69 Å². The standard InChI is InChI=1S/C18H17N3O4/c1-25-16(22)6-8-20-17(23)11-4-5-15-13(9-11)14(18(24)21-15)10-12-3-2-7-19-12/h2-5,7,9-10,19H,6,8H2,1H3,(H,20,23)(H,21,24). The van der Waals surface area contributed by atoms with Crippen LogP contribution in [0.25, 0.3) is 11.6 Å². The SMILES string of the molecule is COC(=O)CCNC(=O)c1ccc2c(c1)C(=Cc1ccc[nH]1)C(=O)N2. The van der Waals surface area contributed by atoms with E-state index < -0.39 is 0 Å². The van der Waals surface area contributed by atoms with E-state index in [0.29, 0.717) is 22.4 Å². The number of nitrogens with one attached hydrogen (secondary N) is 3. The Morgan fingerprint density at radius 2 is 2.12 bits per heavy atom. The van der Waals surface area contributed by atoms with Crippen LogP contribution in [0.3, 0.4) is 0 Å². The molecule has 0 bridgehead atoms. The van der Waals surface area contributed by atoms with Crippen LogP contribution in [0.15, 0.2) is 36.5 Å². The van der Waals surface area contributed by atoms with Gasteiger partial charge in [-0.15, -0.1) is 0 Å². The number of amides is 2. The van der Waals surface area contributed by atoms with Crippen LogP contribution in [0, 0.1) is 0 Å². The van der Waals surface area contributed by atoms with Gasteiger partial charge < -0.3 is 20.4 Å². The highest BCUT2D eigenvalue weighted by Crippen LogP contribution is 2.33. The van der Waals surface area contributed by atoms with Gasteiger partial charge in [-0.2, -0.15) is 0 Å². The Kier molecular flexibility index (Phi) is 4.65. The molecule has 0 saturated heterocycles. The molecule has 0 unspecified atom stereocenters. The number of anilines is 1. The molecular formula is C18H17N3O4. The van der Waals surface area contributed by atoms with E-state index in [4.69, 9.17) is 0 Å². The highest BCUT2D eigenvalue weighted by atomic mass is 16.5. The van der Waals surface area contributed by atoms with Crippen molar-refractivity contribution in [1.29, 1.82) is 0 Å². The monoisotopic (exact) mass is 339 g/mol. The van der Waals surface area contributed by atoms with E-state index in [1.54, 1.807) is 30.5 Å². The van der Waals surface area contributed by atoms with Crippen molar-refractivity contribution in [2.45, 2.75) is 6.42 Å². The number of aromatic nitrogens is 1. The lowest BCUT2D eigenvalue weighted by atomic mass is 10.0. The molecular weight excluding hydrogens is 322 g/mol. The first-order valence-corrected chi connectivity index (χ1v) is 7.74. The zero-order valence-electron chi connectivity index (χ0n) is 13.6. The Morgan fingerprint density at radius 1 is 1.28 bits per heavy atom. The first-order chi connectivity index (χ1) is 12.1. The van der Waals surface area contributed by atoms with Crippen LogP contribution < -0.4 is 10.6 Å². The molecule has 2 amide bonds. The van der Waals surface area contributed by atoms with Crippen molar-refractivity contribution in [3.05, 3.63) is 53.3 Å². The molecule has 25 heavy (non-hydrogen) atoms. The lowest BCUT2D eigenvalue weighted by molar-refractivity contribution is -0.140. The van der Waals surface area contributed by atoms with Gasteiger partial charge in [0, 0.05) is 35.2 Å². The molecule has 1 aliphatic rings. The number of benzene rings is 1. The van der Waals surface area contributed by atoms with Gasteiger partial charge in [-0.3, -0.25) is 14.4 Å². The van der Waals surface area contributed by atoms with E-state index >= 15 is 0 Å². The Morgan fingerprint density at radius 3 is 2.84 bits per heavy atom. The van der Waals surface area contributed by atoms with Crippen molar-refractivity contribution >= 4 is 35.1 Å². The maximum atomic E-state index is 12.2. The molecule has 2 heterocycles. The number of ether oxygens (including phenoxy) is 1. The summed E-state index contributed by atoms with van der Waals surface area (Å²) < 4.78 is 4.53. The third kappa shape index (κ3) is 3.60. The van der Waals surface area contributed by atoms with Crippen molar-refractivity contribution in [3.63, 3.8) is 0 Å². The van der Waals surface area contributed by atoms with Crippen LogP contribution in [-0.4, -0.2) is 36.4 Å². The lowest BCUT2D eigenvalue weighted by Crippen LogP contribution is -2.26. The van der Waals surface area contributed by atoms with Gasteiger partial charge in [0.1, 0.15) is 0 Å². The first-order valence-electron chi connectivity index (χ1n) is 7.74. The van der Waals surface area contributed by atoms with Crippen LogP contribution in [0.2, 0.25) is 0 Å². The maximum Gasteiger partial charge on any atom is 0.307 e. The fraction of sp³-hybridized carbons (Fsp3) is 0.167. The van der Waals surface area contributed by atoms with Crippen LogP contribution in [-0.2, 0) is 14.3 Å². The topological polar surface area (TPSA) is 100 Å². The van der Waals surface area contributed by atoms with Crippen molar-refractivity contribution in [2.24, 2.45) is 0 Å². The van der Waals surface area contributed by atoms with Crippen molar-refractivity contribution in [3.8, 4) is 0 Å². The molecule has 0 fully saturated rings. The van der Waals surface area contributed by atoms with Gasteiger partial charge in [-0.05, 0) is 36.4 Å². The van der Waals surface area contributed by atoms with Gasteiger partial charge in [0.15, 0.2) is 0 Å². The minimum atomic E-state index is -0.389. The number of fused-ring (bicyclic) bond motifs is 1. The average molecular weight is 339 g/mol. The van der Waals surface area contributed by atoms with Gasteiger partial charge in [-0.1, -0.05) is 0 Å². The number of hydrogen-bond donors (Lipinski definition) is 3. The summed E-state index contributed by atoms with van der Waals surface area (Å²) in [5, 5.41) is 5.43. The highest BCUT2D eigenvalue weighted by molar-refractivity contribution is 6.35. The van der Waals surface area contributed by atoms with Gasteiger partial charge in [0.2, 0.25) is 0 Å². The summed E-state index contributed by atoms with van der Waals surface area (Å²) >= 11 is 0. The van der Waals surface area contributed by atoms with Crippen LogP contribution in [0.5, 0.6) is 0 Å². The molecule has 0 saturated carbocycles. The molecule has 0 aliphatic carbocycles. The Bertz CT molecular complexity index is 853. The number of methoxy groups -OCH3 is 1. The zero-order valence-corrected chi connectivity index (χ0v) is 13.6. The summed E-state index contributed by atoms with van der Waals surface area (Å²) in [4.78, 5) is 38.5. The van der Waals surface area contributed by atoms with Crippen molar-refractivity contribution < 1.29 is 19.1 Å². The highest BCUT2D eigenvalue weighted by Gasteiger charge is 2.25. The maximum absolute atomic E-state index is 12.2. The Balaban J connectivity index is 1.79.